The van der Waals surface area contributed by atoms with Gasteiger partial charge in [0.1, 0.15) is 0 Å². The molecule has 0 bridgehead atoms. The lowest BCUT2D eigenvalue weighted by Gasteiger charge is -2.31. The summed E-state index contributed by atoms with van der Waals surface area (Å²) in [5.74, 6) is -0.0391. The average molecular weight is 422 g/mol. The van der Waals surface area contributed by atoms with Gasteiger partial charge in [0, 0.05) is 19.6 Å². The van der Waals surface area contributed by atoms with E-state index in [4.69, 9.17) is 19.5 Å². The summed E-state index contributed by atoms with van der Waals surface area (Å²) >= 11 is 0. The Morgan fingerprint density at radius 3 is 2.29 bits per heavy atom. The first-order valence-corrected chi connectivity index (χ1v) is 12.7. The molecule has 1 heterocycles. The van der Waals surface area contributed by atoms with Crippen molar-refractivity contribution in [1.82, 2.24) is 0 Å². The molecule has 0 N–H and O–H groups in total. The lowest BCUT2D eigenvalue weighted by Crippen LogP contribution is -2.63. The first-order chi connectivity index (χ1) is 14.1. The first-order valence-electron chi connectivity index (χ1n) is 10.1. The largest absolute Gasteiger partial charge is 0.508 e. The number of benzene rings is 2. The zero-order chi connectivity index (χ0) is 20.7. The summed E-state index contributed by atoms with van der Waals surface area (Å²) in [7, 11) is -3.02. The molecule has 4 atom stereocenters. The molecular formula is C21H28O5PSi+. The van der Waals surface area contributed by atoms with E-state index in [2.05, 4.69) is 0 Å². The van der Waals surface area contributed by atoms with Crippen LogP contribution in [0, 0.1) is 5.92 Å². The van der Waals surface area contributed by atoms with Gasteiger partial charge in [-0.3, -0.25) is 0 Å². The van der Waals surface area contributed by atoms with Crippen LogP contribution in [-0.4, -0.2) is 47.7 Å². The summed E-state index contributed by atoms with van der Waals surface area (Å²) in [6, 6.07) is 19.9. The molecule has 7 heteroatoms. The molecule has 0 radical (unpaired) electrons. The van der Waals surface area contributed by atoms with Crippen LogP contribution in [0.2, 0.25) is 0 Å². The molecule has 0 spiro atoms. The van der Waals surface area contributed by atoms with Crippen LogP contribution >= 0.6 is 8.03 Å². The van der Waals surface area contributed by atoms with Crippen LogP contribution in [-0.2, 0) is 22.7 Å². The highest BCUT2D eigenvalue weighted by Gasteiger charge is 2.44. The predicted molar refractivity (Wildman–Crippen MR) is 113 cm³/mol. The standard InChI is InChI=1S/C21H28O5PSi/c1-3-25-27(22)17-18-14-15-24-21(18)16-26-28(23-2,19-10-6-4-7-11-19)20-12-8-5-9-13-20/h4-13,18,21H,3,14-17H2,1-2H3/q+1/t18-,21-/m1/s1/i15T/t15-,18+,21+/m0. The van der Waals surface area contributed by atoms with Crippen molar-refractivity contribution in [1.29, 1.82) is 0 Å². The van der Waals surface area contributed by atoms with Crippen molar-refractivity contribution in [2.75, 3.05) is 33.1 Å². The smallest absolute Gasteiger partial charge is 0.391 e. The van der Waals surface area contributed by atoms with Gasteiger partial charge in [0.25, 0.3) is 0 Å². The van der Waals surface area contributed by atoms with Crippen molar-refractivity contribution >= 4 is 27.0 Å². The van der Waals surface area contributed by atoms with Crippen molar-refractivity contribution in [2.45, 2.75) is 19.4 Å². The molecule has 1 aliphatic heterocycles. The average Bonchev–Trinajstić information content (AvgIpc) is 3.09. The summed E-state index contributed by atoms with van der Waals surface area (Å²) in [5, 5.41) is 2.01. The van der Waals surface area contributed by atoms with Crippen LogP contribution in [0.15, 0.2) is 60.7 Å². The van der Waals surface area contributed by atoms with Gasteiger partial charge in [-0.15, -0.1) is 4.52 Å². The zero-order valence-corrected chi connectivity index (χ0v) is 18.2. The maximum absolute atomic E-state index is 12.1. The van der Waals surface area contributed by atoms with E-state index in [1.807, 2.05) is 67.6 Å². The Hall–Kier alpha value is -1.40. The van der Waals surface area contributed by atoms with Gasteiger partial charge in [0.2, 0.25) is 0 Å². The fourth-order valence-corrected chi connectivity index (χ4v) is 7.54. The lowest BCUT2D eigenvalue weighted by molar-refractivity contribution is 0.0416. The van der Waals surface area contributed by atoms with E-state index in [1.54, 1.807) is 7.11 Å². The van der Waals surface area contributed by atoms with E-state index in [9.17, 15) is 4.57 Å². The molecular weight excluding hydrogens is 391 g/mol. The molecule has 3 rings (SSSR count). The quantitative estimate of drug-likeness (QED) is 0.436. The Balaban J connectivity index is 1.82. The second-order valence-corrected chi connectivity index (χ2v) is 11.0. The molecule has 150 valence electrons. The van der Waals surface area contributed by atoms with Gasteiger partial charge in [0.15, 0.2) is 6.16 Å². The van der Waals surface area contributed by atoms with Gasteiger partial charge in [-0.25, -0.2) is 0 Å². The third kappa shape index (κ3) is 4.95. The summed E-state index contributed by atoms with van der Waals surface area (Å²) in [6.07, 6.45) is 0.594. The predicted octanol–water partition coefficient (Wildman–Crippen LogP) is 3.09. The van der Waals surface area contributed by atoms with Gasteiger partial charge in [-0.1, -0.05) is 60.7 Å². The number of hydrogen-bond acceptors (Lipinski definition) is 5. The topological polar surface area (TPSA) is 54.0 Å². The van der Waals surface area contributed by atoms with Crippen molar-refractivity contribution in [3.63, 3.8) is 0 Å². The molecule has 2 aromatic carbocycles. The van der Waals surface area contributed by atoms with Crippen LogP contribution in [0.1, 0.15) is 14.7 Å². The molecule has 5 nitrogen and oxygen atoms in total. The highest BCUT2D eigenvalue weighted by molar-refractivity contribution is 7.39. The summed E-state index contributed by atoms with van der Waals surface area (Å²) in [6.45, 7) is 1.88. The third-order valence-corrected chi connectivity index (χ3v) is 9.55. The van der Waals surface area contributed by atoms with Crippen LogP contribution in [0.3, 0.4) is 0 Å². The van der Waals surface area contributed by atoms with Gasteiger partial charge in [-0.05, 0) is 28.3 Å². The Kier molecular flexibility index (Phi) is 7.39. The monoisotopic (exact) mass is 421 g/mol. The highest BCUT2D eigenvalue weighted by atomic mass is 31.1. The Morgan fingerprint density at radius 1 is 1.14 bits per heavy atom. The van der Waals surface area contributed by atoms with E-state index in [0.717, 1.165) is 10.4 Å². The summed E-state index contributed by atoms with van der Waals surface area (Å²) in [5.41, 5.74) is 0. The van der Waals surface area contributed by atoms with E-state index in [-0.39, 0.29) is 18.6 Å². The Labute approximate surface area is 170 Å². The molecule has 28 heavy (non-hydrogen) atoms. The summed E-state index contributed by atoms with van der Waals surface area (Å²) < 4.78 is 43.7. The first kappa shape index (κ1) is 19.9. The van der Waals surface area contributed by atoms with Crippen molar-refractivity contribution in [3.8, 4) is 0 Å². The van der Waals surface area contributed by atoms with Crippen LogP contribution in [0.4, 0.5) is 0 Å². The minimum Gasteiger partial charge on any atom is -0.391 e. The van der Waals surface area contributed by atoms with E-state index in [1.165, 1.54) is 0 Å². The van der Waals surface area contributed by atoms with Crippen LogP contribution in [0.25, 0.3) is 0 Å². The van der Waals surface area contributed by atoms with Gasteiger partial charge in [0.05, 0.1) is 20.7 Å². The second kappa shape index (κ2) is 10.4. The van der Waals surface area contributed by atoms with Gasteiger partial charge >= 0.3 is 16.6 Å². The van der Waals surface area contributed by atoms with E-state index in [0.29, 0.717) is 19.2 Å². The molecule has 1 fully saturated rings. The van der Waals surface area contributed by atoms with Crippen molar-refractivity contribution in [3.05, 3.63) is 60.7 Å². The van der Waals surface area contributed by atoms with Crippen molar-refractivity contribution in [2.24, 2.45) is 5.92 Å². The fraction of sp³-hybridized carbons (Fsp3) is 0.429. The second-order valence-electron chi connectivity index (χ2n) is 6.63. The molecule has 1 unspecified atom stereocenters. The zero-order valence-electron chi connectivity index (χ0n) is 17.3. The maximum Gasteiger partial charge on any atom is 0.508 e. The molecule has 0 saturated carbocycles. The van der Waals surface area contributed by atoms with Crippen molar-refractivity contribution < 1.29 is 24.0 Å². The molecule has 0 aromatic heterocycles. The van der Waals surface area contributed by atoms with E-state index >= 15 is 0 Å². The Bertz CT molecular complexity index is 740. The molecule has 0 aliphatic carbocycles. The fourth-order valence-electron chi connectivity index (χ4n) is 3.46. The molecule has 0 amide bonds. The molecule has 1 saturated heterocycles. The minimum absolute atomic E-state index is 0.0391. The normalized spacial score (nSPS) is 23.4. The number of hydrogen-bond donors (Lipinski definition) is 0. The SMILES string of the molecule is [3H][C@H]1C[C@H](C[P+](=O)OCC)[C@@H](CO[Si](OC)(c2ccccc2)c2ccccc2)O1. The number of rotatable bonds is 10. The molecule has 1 aliphatic rings. The van der Waals surface area contributed by atoms with Crippen LogP contribution < -0.4 is 10.4 Å². The molecule has 2 aromatic rings. The number of ether oxygens (including phenoxy) is 1. The van der Waals surface area contributed by atoms with Gasteiger partial charge < -0.3 is 13.6 Å². The lowest BCUT2D eigenvalue weighted by atomic mass is 10.1. The van der Waals surface area contributed by atoms with Gasteiger partial charge in [-0.2, -0.15) is 0 Å². The minimum atomic E-state index is -2.94. The van der Waals surface area contributed by atoms with Crippen LogP contribution in [0.5, 0.6) is 0 Å². The maximum atomic E-state index is 12.1. The Morgan fingerprint density at radius 2 is 1.75 bits per heavy atom. The highest BCUT2D eigenvalue weighted by Crippen LogP contribution is 2.33. The summed E-state index contributed by atoms with van der Waals surface area (Å²) in [4.78, 5) is 0. The van der Waals surface area contributed by atoms with E-state index < -0.39 is 23.2 Å². The third-order valence-electron chi connectivity index (χ3n) is 4.90.